The summed E-state index contributed by atoms with van der Waals surface area (Å²) in [6, 6.07) is 5.53. The SMILES string of the molecule is COc1ccc(Br)c(C(=O)N2CCCC(CCBr)C2)c1. The van der Waals surface area contributed by atoms with Crippen LogP contribution in [0.25, 0.3) is 0 Å². The van der Waals surface area contributed by atoms with Crippen molar-refractivity contribution in [1.29, 1.82) is 0 Å². The number of benzene rings is 1. The molecule has 1 fully saturated rings. The molecule has 1 amide bonds. The first kappa shape index (κ1) is 15.8. The van der Waals surface area contributed by atoms with Crippen LogP contribution in [0.3, 0.4) is 0 Å². The summed E-state index contributed by atoms with van der Waals surface area (Å²) in [7, 11) is 1.62. The second kappa shape index (κ2) is 7.46. The van der Waals surface area contributed by atoms with Crippen molar-refractivity contribution in [3.8, 4) is 5.75 Å². The Morgan fingerprint density at radius 1 is 1.50 bits per heavy atom. The predicted molar refractivity (Wildman–Crippen MR) is 87.7 cm³/mol. The first-order valence-corrected chi connectivity index (χ1v) is 8.76. The van der Waals surface area contributed by atoms with E-state index in [9.17, 15) is 4.79 Å². The van der Waals surface area contributed by atoms with Crippen molar-refractivity contribution in [3.05, 3.63) is 28.2 Å². The van der Waals surface area contributed by atoms with E-state index in [1.165, 1.54) is 6.42 Å². The lowest BCUT2D eigenvalue weighted by Crippen LogP contribution is -2.40. The highest BCUT2D eigenvalue weighted by Gasteiger charge is 2.25. The number of carbonyl (C=O) groups excluding carboxylic acids is 1. The summed E-state index contributed by atoms with van der Waals surface area (Å²) >= 11 is 6.95. The molecule has 2 rings (SSSR count). The average molecular weight is 405 g/mol. The van der Waals surface area contributed by atoms with Crippen LogP contribution in [0.5, 0.6) is 5.75 Å². The number of hydrogen-bond acceptors (Lipinski definition) is 2. The van der Waals surface area contributed by atoms with Crippen molar-refractivity contribution >= 4 is 37.8 Å². The summed E-state index contributed by atoms with van der Waals surface area (Å²) in [6.45, 7) is 1.70. The maximum absolute atomic E-state index is 12.7. The normalized spacial score (nSPS) is 18.9. The molecule has 5 heteroatoms. The maximum Gasteiger partial charge on any atom is 0.255 e. The van der Waals surface area contributed by atoms with Crippen molar-refractivity contribution < 1.29 is 9.53 Å². The van der Waals surface area contributed by atoms with Gasteiger partial charge in [0.05, 0.1) is 12.7 Å². The molecule has 0 saturated carbocycles. The van der Waals surface area contributed by atoms with Gasteiger partial charge in [0.1, 0.15) is 5.75 Å². The van der Waals surface area contributed by atoms with Gasteiger partial charge in [-0.25, -0.2) is 0 Å². The molecule has 110 valence electrons. The van der Waals surface area contributed by atoms with E-state index >= 15 is 0 Å². The third kappa shape index (κ3) is 3.76. The smallest absolute Gasteiger partial charge is 0.255 e. The molecular formula is C15H19Br2NO2. The zero-order valence-corrected chi connectivity index (χ0v) is 14.7. The van der Waals surface area contributed by atoms with Crippen LogP contribution in [0, 0.1) is 5.92 Å². The number of likely N-dealkylation sites (tertiary alicyclic amines) is 1. The highest BCUT2D eigenvalue weighted by molar-refractivity contribution is 9.10. The Labute approximate surface area is 136 Å². The number of nitrogens with zero attached hydrogens (tertiary/aromatic N) is 1. The molecule has 1 saturated heterocycles. The van der Waals surface area contributed by atoms with Gasteiger partial charge in [0.15, 0.2) is 0 Å². The number of amides is 1. The molecule has 1 aromatic rings. The van der Waals surface area contributed by atoms with Crippen molar-refractivity contribution in [3.63, 3.8) is 0 Å². The van der Waals surface area contributed by atoms with E-state index in [1.807, 2.05) is 17.0 Å². The second-order valence-corrected chi connectivity index (χ2v) is 6.73. The minimum Gasteiger partial charge on any atom is -0.497 e. The number of carbonyl (C=O) groups is 1. The number of piperidine rings is 1. The summed E-state index contributed by atoms with van der Waals surface area (Å²) in [6.07, 6.45) is 3.43. The van der Waals surface area contributed by atoms with Crippen LogP contribution in [0.1, 0.15) is 29.6 Å². The standard InChI is InChI=1S/C15H19Br2NO2/c1-20-12-4-5-14(17)13(9-12)15(19)18-8-2-3-11(10-18)6-7-16/h4-5,9,11H,2-3,6-8,10H2,1H3. The first-order valence-electron chi connectivity index (χ1n) is 6.84. The Kier molecular flexibility index (Phi) is 5.90. The molecule has 0 aromatic heterocycles. The van der Waals surface area contributed by atoms with Gasteiger partial charge >= 0.3 is 0 Å². The molecule has 1 aliphatic rings. The fourth-order valence-corrected chi connectivity index (χ4v) is 3.67. The number of alkyl halides is 1. The maximum atomic E-state index is 12.7. The van der Waals surface area contributed by atoms with Crippen LogP contribution in [-0.2, 0) is 0 Å². The topological polar surface area (TPSA) is 29.5 Å². The summed E-state index contributed by atoms with van der Waals surface area (Å²) in [5.74, 6) is 1.41. The predicted octanol–water partition coefficient (Wildman–Crippen LogP) is 4.09. The van der Waals surface area contributed by atoms with Crippen LogP contribution in [0.4, 0.5) is 0 Å². The van der Waals surface area contributed by atoms with E-state index in [2.05, 4.69) is 31.9 Å². The van der Waals surface area contributed by atoms with Gasteiger partial charge in [-0.1, -0.05) is 15.9 Å². The number of ether oxygens (including phenoxy) is 1. The zero-order chi connectivity index (χ0) is 14.5. The van der Waals surface area contributed by atoms with E-state index in [0.29, 0.717) is 17.2 Å². The highest BCUT2D eigenvalue weighted by Crippen LogP contribution is 2.27. The van der Waals surface area contributed by atoms with Crippen LogP contribution in [0.2, 0.25) is 0 Å². The van der Waals surface area contributed by atoms with E-state index < -0.39 is 0 Å². The lowest BCUT2D eigenvalue weighted by molar-refractivity contribution is 0.0670. The third-order valence-electron chi connectivity index (χ3n) is 3.73. The zero-order valence-electron chi connectivity index (χ0n) is 11.6. The molecule has 1 unspecified atom stereocenters. The molecule has 0 radical (unpaired) electrons. The van der Waals surface area contributed by atoms with Gasteiger partial charge in [0.2, 0.25) is 0 Å². The highest BCUT2D eigenvalue weighted by atomic mass is 79.9. The van der Waals surface area contributed by atoms with E-state index in [4.69, 9.17) is 4.74 Å². The van der Waals surface area contributed by atoms with Gasteiger partial charge in [-0.05, 0) is 59.3 Å². The number of rotatable bonds is 4. The summed E-state index contributed by atoms with van der Waals surface area (Å²) in [5, 5.41) is 1.00. The van der Waals surface area contributed by atoms with E-state index in [-0.39, 0.29) is 5.91 Å². The van der Waals surface area contributed by atoms with E-state index in [1.54, 1.807) is 13.2 Å². The van der Waals surface area contributed by atoms with Gasteiger partial charge in [-0.2, -0.15) is 0 Å². The molecule has 1 atom stereocenters. The Hall–Kier alpha value is -0.550. The molecule has 1 heterocycles. The molecule has 0 bridgehead atoms. The molecule has 3 nitrogen and oxygen atoms in total. The lowest BCUT2D eigenvalue weighted by Gasteiger charge is -2.33. The van der Waals surface area contributed by atoms with Gasteiger partial charge in [-0.3, -0.25) is 4.79 Å². The average Bonchev–Trinajstić information content (AvgIpc) is 2.48. The van der Waals surface area contributed by atoms with Crippen molar-refractivity contribution in [2.24, 2.45) is 5.92 Å². The molecule has 0 spiro atoms. The Morgan fingerprint density at radius 3 is 3.00 bits per heavy atom. The van der Waals surface area contributed by atoms with Gasteiger partial charge < -0.3 is 9.64 Å². The number of halogens is 2. The van der Waals surface area contributed by atoms with Crippen molar-refractivity contribution in [1.82, 2.24) is 4.90 Å². The Bertz CT molecular complexity index is 477. The van der Waals surface area contributed by atoms with Gasteiger partial charge in [-0.15, -0.1) is 0 Å². The van der Waals surface area contributed by atoms with E-state index in [0.717, 1.165) is 35.7 Å². The first-order chi connectivity index (χ1) is 9.65. The van der Waals surface area contributed by atoms with Gasteiger partial charge in [0.25, 0.3) is 5.91 Å². The van der Waals surface area contributed by atoms with Crippen LogP contribution in [0.15, 0.2) is 22.7 Å². The van der Waals surface area contributed by atoms with Crippen LogP contribution < -0.4 is 4.74 Å². The molecular weight excluding hydrogens is 386 g/mol. The van der Waals surface area contributed by atoms with Crippen LogP contribution in [-0.4, -0.2) is 36.3 Å². The second-order valence-electron chi connectivity index (χ2n) is 5.08. The molecule has 0 aliphatic carbocycles. The van der Waals surface area contributed by atoms with Crippen molar-refractivity contribution in [2.75, 3.05) is 25.5 Å². The fraction of sp³-hybridized carbons (Fsp3) is 0.533. The molecule has 1 aliphatic heterocycles. The van der Waals surface area contributed by atoms with Crippen molar-refractivity contribution in [2.45, 2.75) is 19.3 Å². The number of hydrogen-bond donors (Lipinski definition) is 0. The third-order valence-corrected chi connectivity index (χ3v) is 4.88. The molecule has 1 aromatic carbocycles. The monoisotopic (exact) mass is 403 g/mol. The minimum absolute atomic E-state index is 0.0926. The van der Waals surface area contributed by atoms with Crippen LogP contribution >= 0.6 is 31.9 Å². The molecule has 0 N–H and O–H groups in total. The largest absolute Gasteiger partial charge is 0.497 e. The summed E-state index contributed by atoms with van der Waals surface area (Å²) < 4.78 is 6.03. The Morgan fingerprint density at radius 2 is 2.30 bits per heavy atom. The van der Waals surface area contributed by atoms with Gasteiger partial charge in [0, 0.05) is 22.9 Å². The summed E-state index contributed by atoms with van der Waals surface area (Å²) in [4.78, 5) is 14.6. The minimum atomic E-state index is 0.0926. The quantitative estimate of drug-likeness (QED) is 0.707. The number of methoxy groups -OCH3 is 1. The summed E-state index contributed by atoms with van der Waals surface area (Å²) in [5.41, 5.74) is 0.684. The fourth-order valence-electron chi connectivity index (χ4n) is 2.61. The Balaban J connectivity index is 2.14. The molecule has 20 heavy (non-hydrogen) atoms. The lowest BCUT2D eigenvalue weighted by atomic mass is 9.95.